The lowest BCUT2D eigenvalue weighted by molar-refractivity contribution is -0.132. The van der Waals surface area contributed by atoms with E-state index in [2.05, 4.69) is 56.9 Å². The molecule has 2 aromatic rings. The van der Waals surface area contributed by atoms with E-state index in [0.717, 1.165) is 18.7 Å². The lowest BCUT2D eigenvalue weighted by Gasteiger charge is -2.36. The van der Waals surface area contributed by atoms with Crippen molar-refractivity contribution in [1.29, 1.82) is 0 Å². The van der Waals surface area contributed by atoms with Crippen LogP contribution in [0.1, 0.15) is 53.5 Å². The first-order chi connectivity index (χ1) is 13.6. The number of rotatable bonds is 4. The maximum absolute atomic E-state index is 12.9. The third-order valence-corrected chi connectivity index (χ3v) is 6.53. The Morgan fingerprint density at radius 1 is 1.14 bits per heavy atom. The second-order valence-corrected chi connectivity index (χ2v) is 10.8. The van der Waals surface area contributed by atoms with Gasteiger partial charge in [-0.25, -0.2) is 4.68 Å². The molecule has 158 valence electrons. The highest BCUT2D eigenvalue weighted by molar-refractivity contribution is 8.00. The number of nitrogen functional groups attached to an aromatic ring is 1. The maximum atomic E-state index is 12.9. The molecule has 0 spiro atoms. The Kier molecular flexibility index (Phi) is 6.27. The van der Waals surface area contributed by atoms with Crippen molar-refractivity contribution in [2.24, 2.45) is 11.8 Å². The monoisotopic (exact) mass is 415 g/mol. The molecule has 1 aliphatic rings. The molecule has 0 saturated carbocycles. The van der Waals surface area contributed by atoms with Gasteiger partial charge in [-0.2, -0.15) is 0 Å². The number of hydrogen-bond donors (Lipinski definition) is 1. The first-order valence-corrected chi connectivity index (χ1v) is 11.2. The van der Waals surface area contributed by atoms with Crippen molar-refractivity contribution >= 4 is 17.7 Å². The standard InChI is InChI=1S/C22H33N5OS/c1-14-11-15(2)13-26(12-14)20(28)16(3)29-21-25-24-19(27(21)23)17-7-9-18(10-8-17)22(4,5)6/h7-10,14-16H,11-13,23H2,1-6H3. The van der Waals surface area contributed by atoms with Crippen molar-refractivity contribution in [3.8, 4) is 11.4 Å². The summed E-state index contributed by atoms with van der Waals surface area (Å²) >= 11 is 1.37. The highest BCUT2D eigenvalue weighted by Gasteiger charge is 2.29. The highest BCUT2D eigenvalue weighted by Crippen LogP contribution is 2.29. The van der Waals surface area contributed by atoms with E-state index in [1.165, 1.54) is 28.4 Å². The van der Waals surface area contributed by atoms with E-state index >= 15 is 0 Å². The van der Waals surface area contributed by atoms with Crippen LogP contribution in [0.5, 0.6) is 0 Å². The summed E-state index contributed by atoms with van der Waals surface area (Å²) in [5.74, 6) is 8.11. The number of likely N-dealkylation sites (tertiary alicyclic amines) is 1. The quantitative estimate of drug-likeness (QED) is 0.604. The molecule has 3 rings (SSSR count). The number of nitrogens with zero attached hydrogens (tertiary/aromatic N) is 4. The fourth-order valence-corrected chi connectivity index (χ4v) is 4.84. The molecule has 6 nitrogen and oxygen atoms in total. The van der Waals surface area contributed by atoms with Gasteiger partial charge in [0.15, 0.2) is 5.82 Å². The van der Waals surface area contributed by atoms with Crippen molar-refractivity contribution < 1.29 is 4.79 Å². The van der Waals surface area contributed by atoms with Crippen molar-refractivity contribution in [3.63, 3.8) is 0 Å². The van der Waals surface area contributed by atoms with Crippen LogP contribution >= 0.6 is 11.8 Å². The molecule has 7 heteroatoms. The van der Waals surface area contributed by atoms with Gasteiger partial charge in [0.1, 0.15) is 0 Å². The summed E-state index contributed by atoms with van der Waals surface area (Å²) in [6, 6.07) is 8.24. The zero-order chi connectivity index (χ0) is 21.3. The average Bonchev–Trinajstić information content (AvgIpc) is 3.00. The van der Waals surface area contributed by atoms with Gasteiger partial charge in [-0.1, -0.05) is 70.6 Å². The summed E-state index contributed by atoms with van der Waals surface area (Å²) in [5.41, 5.74) is 2.26. The molecule has 1 aromatic carbocycles. The predicted molar refractivity (Wildman–Crippen MR) is 119 cm³/mol. The molecule has 2 heterocycles. The minimum absolute atomic E-state index is 0.0924. The summed E-state index contributed by atoms with van der Waals surface area (Å²) in [6.45, 7) is 14.6. The van der Waals surface area contributed by atoms with Crippen LogP contribution < -0.4 is 5.84 Å². The van der Waals surface area contributed by atoms with Crippen LogP contribution in [0.3, 0.4) is 0 Å². The summed E-state index contributed by atoms with van der Waals surface area (Å²) in [7, 11) is 0. The summed E-state index contributed by atoms with van der Waals surface area (Å²) < 4.78 is 1.49. The number of piperidine rings is 1. The van der Waals surface area contributed by atoms with Gasteiger partial charge < -0.3 is 10.7 Å². The maximum Gasteiger partial charge on any atom is 0.235 e. The lowest BCUT2D eigenvalue weighted by Crippen LogP contribution is -2.45. The Balaban J connectivity index is 1.71. The van der Waals surface area contributed by atoms with Crippen molar-refractivity contribution in [1.82, 2.24) is 19.8 Å². The normalized spacial score (nSPS) is 21.2. The molecule has 1 aromatic heterocycles. The van der Waals surface area contributed by atoms with E-state index in [4.69, 9.17) is 5.84 Å². The van der Waals surface area contributed by atoms with Crippen molar-refractivity contribution in [2.75, 3.05) is 18.9 Å². The number of carbonyl (C=O) groups excluding carboxylic acids is 1. The van der Waals surface area contributed by atoms with Gasteiger partial charge in [-0.3, -0.25) is 4.79 Å². The third-order valence-electron chi connectivity index (χ3n) is 5.48. The predicted octanol–water partition coefficient (Wildman–Crippen LogP) is 3.94. The largest absolute Gasteiger partial charge is 0.341 e. The topological polar surface area (TPSA) is 77.0 Å². The molecular weight excluding hydrogens is 382 g/mol. The first kappa shape index (κ1) is 21.7. The molecule has 1 amide bonds. The second-order valence-electron chi connectivity index (χ2n) is 9.45. The Morgan fingerprint density at radius 2 is 1.72 bits per heavy atom. The molecule has 1 aliphatic heterocycles. The number of hydrogen-bond acceptors (Lipinski definition) is 5. The molecule has 0 bridgehead atoms. The molecule has 0 aliphatic carbocycles. The van der Waals surface area contributed by atoms with E-state index in [9.17, 15) is 4.79 Å². The van der Waals surface area contributed by atoms with Crippen LogP contribution in [0.15, 0.2) is 29.4 Å². The minimum atomic E-state index is -0.255. The van der Waals surface area contributed by atoms with Gasteiger partial charge in [0.05, 0.1) is 5.25 Å². The van der Waals surface area contributed by atoms with Gasteiger partial charge in [0.25, 0.3) is 0 Å². The van der Waals surface area contributed by atoms with Crippen LogP contribution in [0.25, 0.3) is 11.4 Å². The fraction of sp³-hybridized carbons (Fsp3) is 0.591. The molecule has 2 N–H and O–H groups in total. The Labute approximate surface area is 178 Å². The molecular formula is C22H33N5OS. The number of thioether (sulfide) groups is 1. The zero-order valence-electron chi connectivity index (χ0n) is 18.3. The third kappa shape index (κ3) is 4.94. The second kappa shape index (κ2) is 8.38. The minimum Gasteiger partial charge on any atom is -0.341 e. The Morgan fingerprint density at radius 3 is 2.28 bits per heavy atom. The van der Waals surface area contributed by atoms with Gasteiger partial charge in [-0.05, 0) is 36.2 Å². The van der Waals surface area contributed by atoms with Crippen LogP contribution in [0.4, 0.5) is 0 Å². The molecule has 1 fully saturated rings. The van der Waals surface area contributed by atoms with Crippen molar-refractivity contribution in [2.45, 2.75) is 63.8 Å². The fourth-order valence-electron chi connectivity index (χ4n) is 3.98. The Bertz CT molecular complexity index is 845. The molecule has 29 heavy (non-hydrogen) atoms. The lowest BCUT2D eigenvalue weighted by atomic mass is 9.87. The summed E-state index contributed by atoms with van der Waals surface area (Å²) in [6.07, 6.45) is 1.18. The van der Waals surface area contributed by atoms with Gasteiger partial charge in [0.2, 0.25) is 11.1 Å². The zero-order valence-corrected chi connectivity index (χ0v) is 19.2. The van der Waals surface area contributed by atoms with Crippen LogP contribution in [-0.2, 0) is 10.2 Å². The Hall–Kier alpha value is -2.02. The molecule has 0 radical (unpaired) electrons. The molecule has 3 unspecified atom stereocenters. The van der Waals surface area contributed by atoms with E-state index in [-0.39, 0.29) is 16.6 Å². The van der Waals surface area contributed by atoms with Gasteiger partial charge in [-0.15, -0.1) is 10.2 Å². The first-order valence-electron chi connectivity index (χ1n) is 10.3. The molecule has 3 atom stereocenters. The number of aromatic nitrogens is 3. The number of benzene rings is 1. The highest BCUT2D eigenvalue weighted by atomic mass is 32.2. The van der Waals surface area contributed by atoms with Crippen molar-refractivity contribution in [3.05, 3.63) is 29.8 Å². The molecule has 1 saturated heterocycles. The van der Waals surface area contributed by atoms with Crippen LogP contribution in [-0.4, -0.2) is 44.0 Å². The van der Waals surface area contributed by atoms with E-state index in [1.807, 2.05) is 24.0 Å². The SMILES string of the molecule is CC1CC(C)CN(C(=O)C(C)Sc2nnc(-c3ccc(C(C)(C)C)cc3)n2N)C1. The van der Waals surface area contributed by atoms with Crippen LogP contribution in [0, 0.1) is 11.8 Å². The number of carbonyl (C=O) groups is 1. The average molecular weight is 416 g/mol. The smallest absolute Gasteiger partial charge is 0.235 e. The number of nitrogens with two attached hydrogens (primary N) is 1. The van der Waals surface area contributed by atoms with Crippen LogP contribution in [0.2, 0.25) is 0 Å². The van der Waals surface area contributed by atoms with E-state index in [0.29, 0.717) is 22.8 Å². The van der Waals surface area contributed by atoms with Gasteiger partial charge in [0, 0.05) is 18.7 Å². The summed E-state index contributed by atoms with van der Waals surface area (Å²) in [4.78, 5) is 14.9. The summed E-state index contributed by atoms with van der Waals surface area (Å²) in [5, 5.41) is 8.81. The van der Waals surface area contributed by atoms with E-state index < -0.39 is 0 Å². The van der Waals surface area contributed by atoms with E-state index in [1.54, 1.807) is 0 Å². The number of amides is 1. The van der Waals surface area contributed by atoms with Gasteiger partial charge >= 0.3 is 0 Å².